The van der Waals surface area contributed by atoms with Crippen LogP contribution in [0.5, 0.6) is 5.75 Å². The molecule has 1 amide bonds. The normalized spacial score (nSPS) is 12.0. The number of ether oxygens (including phenoxy) is 1. The predicted octanol–water partition coefficient (Wildman–Crippen LogP) is 5.14. The lowest BCUT2D eigenvalue weighted by Gasteiger charge is -2.19. The molecule has 2 rings (SSSR count). The van der Waals surface area contributed by atoms with Crippen LogP contribution in [0.15, 0.2) is 24.3 Å². The largest absolute Gasteiger partial charge is 0.484 e. The van der Waals surface area contributed by atoms with Gasteiger partial charge in [-0.2, -0.15) is 0 Å². The highest BCUT2D eigenvalue weighted by Crippen LogP contribution is 2.26. The van der Waals surface area contributed by atoms with E-state index in [-0.39, 0.29) is 18.6 Å². The monoisotopic (exact) mass is 359 g/mol. The van der Waals surface area contributed by atoms with Gasteiger partial charge in [0.2, 0.25) is 0 Å². The van der Waals surface area contributed by atoms with Gasteiger partial charge in [0.05, 0.1) is 6.04 Å². The highest BCUT2D eigenvalue weighted by atomic mass is 35.5. The van der Waals surface area contributed by atoms with Crippen molar-refractivity contribution in [1.82, 2.24) is 5.32 Å². The zero-order valence-electron chi connectivity index (χ0n) is 15.8. The number of carbonyl (C=O) groups excluding carboxylic acids is 1. The van der Waals surface area contributed by atoms with Crippen LogP contribution >= 0.6 is 11.6 Å². The molecule has 0 saturated carbocycles. The van der Waals surface area contributed by atoms with Gasteiger partial charge in [-0.25, -0.2) is 0 Å². The van der Waals surface area contributed by atoms with Gasteiger partial charge in [-0.15, -0.1) is 0 Å². The first kappa shape index (κ1) is 19.3. The molecule has 2 aromatic rings. The van der Waals surface area contributed by atoms with Crippen LogP contribution in [-0.4, -0.2) is 12.5 Å². The maximum Gasteiger partial charge on any atom is 0.258 e. The van der Waals surface area contributed by atoms with Gasteiger partial charge >= 0.3 is 0 Å². The minimum atomic E-state index is -0.143. The quantitative estimate of drug-likeness (QED) is 0.802. The molecular formula is C21H26ClNO2. The molecule has 0 radical (unpaired) electrons. The molecule has 0 fully saturated rings. The summed E-state index contributed by atoms with van der Waals surface area (Å²) in [5, 5.41) is 3.74. The van der Waals surface area contributed by atoms with Crippen molar-refractivity contribution in [3.63, 3.8) is 0 Å². The van der Waals surface area contributed by atoms with E-state index in [9.17, 15) is 4.79 Å². The fourth-order valence-corrected chi connectivity index (χ4v) is 3.06. The number of hydrogen-bond donors (Lipinski definition) is 1. The maximum absolute atomic E-state index is 12.2. The van der Waals surface area contributed by atoms with Crippen LogP contribution in [0.25, 0.3) is 0 Å². The lowest BCUT2D eigenvalue weighted by atomic mass is 9.96. The molecule has 3 nitrogen and oxygen atoms in total. The number of aryl methyl sites for hydroxylation is 5. The van der Waals surface area contributed by atoms with E-state index < -0.39 is 0 Å². The van der Waals surface area contributed by atoms with Gasteiger partial charge in [-0.05, 0) is 87.1 Å². The van der Waals surface area contributed by atoms with E-state index in [2.05, 4.69) is 38.2 Å². The van der Waals surface area contributed by atoms with Crippen LogP contribution < -0.4 is 10.1 Å². The van der Waals surface area contributed by atoms with E-state index in [1.165, 1.54) is 16.7 Å². The van der Waals surface area contributed by atoms with E-state index in [0.29, 0.717) is 5.75 Å². The Hall–Kier alpha value is -2.00. The van der Waals surface area contributed by atoms with Crippen molar-refractivity contribution in [2.24, 2.45) is 0 Å². The SMILES string of the molecule is Cc1cc(C)c([C@@H](C)NC(=O)COc2cc(C)c(Cl)c(C)c2)cc1C. The molecule has 0 unspecified atom stereocenters. The Bertz CT molecular complexity index is 776. The van der Waals surface area contributed by atoms with Crippen molar-refractivity contribution >= 4 is 17.5 Å². The minimum absolute atomic E-state index is 0.0191. The van der Waals surface area contributed by atoms with E-state index in [1.807, 2.05) is 32.9 Å². The second-order valence-electron chi connectivity index (χ2n) is 6.74. The summed E-state index contributed by atoms with van der Waals surface area (Å²) >= 11 is 6.15. The molecule has 0 aliphatic rings. The molecule has 0 aliphatic heterocycles. The number of carbonyl (C=O) groups is 1. The third-order valence-corrected chi connectivity index (χ3v) is 5.10. The summed E-state index contributed by atoms with van der Waals surface area (Å²) in [4.78, 5) is 12.2. The zero-order chi connectivity index (χ0) is 18.7. The van der Waals surface area contributed by atoms with Gasteiger partial charge in [-0.3, -0.25) is 4.79 Å². The number of nitrogens with one attached hydrogen (secondary N) is 1. The highest BCUT2D eigenvalue weighted by Gasteiger charge is 2.14. The van der Waals surface area contributed by atoms with Crippen LogP contribution in [0.3, 0.4) is 0 Å². The zero-order valence-corrected chi connectivity index (χ0v) is 16.5. The van der Waals surface area contributed by atoms with E-state index >= 15 is 0 Å². The van der Waals surface area contributed by atoms with Gasteiger partial charge in [0, 0.05) is 5.02 Å². The first-order valence-corrected chi connectivity index (χ1v) is 8.83. The summed E-state index contributed by atoms with van der Waals surface area (Å²) < 4.78 is 5.62. The molecule has 25 heavy (non-hydrogen) atoms. The summed E-state index contributed by atoms with van der Waals surface area (Å²) in [7, 11) is 0. The van der Waals surface area contributed by atoms with Crippen molar-refractivity contribution in [3.8, 4) is 5.75 Å². The van der Waals surface area contributed by atoms with Gasteiger partial charge < -0.3 is 10.1 Å². The van der Waals surface area contributed by atoms with Gasteiger partial charge in [0.15, 0.2) is 6.61 Å². The Balaban J connectivity index is 1.99. The van der Waals surface area contributed by atoms with Crippen LogP contribution in [0.2, 0.25) is 5.02 Å². The lowest BCUT2D eigenvalue weighted by molar-refractivity contribution is -0.123. The Morgan fingerprint density at radius 1 is 0.960 bits per heavy atom. The molecule has 1 N–H and O–H groups in total. The van der Waals surface area contributed by atoms with Gasteiger partial charge in [0.1, 0.15) is 5.75 Å². The van der Waals surface area contributed by atoms with Gasteiger partial charge in [0.25, 0.3) is 5.91 Å². The molecule has 1 atom stereocenters. The third-order valence-electron chi connectivity index (χ3n) is 4.51. The summed E-state index contributed by atoms with van der Waals surface area (Å²) in [6.07, 6.45) is 0. The topological polar surface area (TPSA) is 38.3 Å². The molecule has 0 saturated heterocycles. The summed E-state index contributed by atoms with van der Waals surface area (Å²) in [5.74, 6) is 0.514. The molecule has 4 heteroatoms. The number of halogens is 1. The lowest BCUT2D eigenvalue weighted by Crippen LogP contribution is -2.31. The molecule has 2 aromatic carbocycles. The Kier molecular flexibility index (Phi) is 6.12. The van der Waals surface area contributed by atoms with Crippen LogP contribution in [0, 0.1) is 34.6 Å². The molecule has 0 spiro atoms. The van der Waals surface area contributed by atoms with Crippen LogP contribution in [-0.2, 0) is 4.79 Å². The molecule has 0 aliphatic carbocycles. The van der Waals surface area contributed by atoms with Crippen molar-refractivity contribution in [2.75, 3.05) is 6.61 Å². The number of rotatable bonds is 5. The highest BCUT2D eigenvalue weighted by molar-refractivity contribution is 6.32. The summed E-state index contributed by atoms with van der Waals surface area (Å²) in [6.45, 7) is 12.1. The Morgan fingerprint density at radius 2 is 1.52 bits per heavy atom. The summed E-state index contributed by atoms with van der Waals surface area (Å²) in [5.41, 5.74) is 6.68. The van der Waals surface area contributed by atoms with Crippen LogP contribution in [0.4, 0.5) is 0 Å². The third kappa shape index (κ3) is 4.76. The standard InChI is InChI=1S/C21H26ClNO2/c1-12-7-14(3)19(10-13(12)2)17(6)23-20(24)11-25-18-8-15(4)21(22)16(5)9-18/h7-10,17H,11H2,1-6H3,(H,23,24)/t17-/m1/s1. The maximum atomic E-state index is 12.2. The molecule has 0 bridgehead atoms. The first-order chi connectivity index (χ1) is 11.7. The summed E-state index contributed by atoms with van der Waals surface area (Å²) in [6, 6.07) is 7.92. The smallest absolute Gasteiger partial charge is 0.258 e. The Morgan fingerprint density at radius 3 is 2.12 bits per heavy atom. The van der Waals surface area contributed by atoms with Crippen molar-refractivity contribution in [3.05, 3.63) is 62.7 Å². The molecular weight excluding hydrogens is 334 g/mol. The first-order valence-electron chi connectivity index (χ1n) is 8.45. The number of benzene rings is 2. The average molecular weight is 360 g/mol. The minimum Gasteiger partial charge on any atom is -0.484 e. The average Bonchev–Trinajstić information content (AvgIpc) is 2.53. The molecule has 0 aromatic heterocycles. The van der Waals surface area contributed by atoms with E-state index in [4.69, 9.17) is 16.3 Å². The van der Waals surface area contributed by atoms with Crippen molar-refractivity contribution < 1.29 is 9.53 Å². The number of amides is 1. The Labute approximate surface area is 155 Å². The molecule has 134 valence electrons. The molecule has 0 heterocycles. The van der Waals surface area contributed by atoms with E-state index in [1.54, 1.807) is 0 Å². The fourth-order valence-electron chi connectivity index (χ4n) is 2.95. The second kappa shape index (κ2) is 7.92. The van der Waals surface area contributed by atoms with E-state index in [0.717, 1.165) is 21.7 Å². The van der Waals surface area contributed by atoms with Crippen molar-refractivity contribution in [2.45, 2.75) is 47.6 Å². The fraction of sp³-hybridized carbons (Fsp3) is 0.381. The second-order valence-corrected chi connectivity index (χ2v) is 7.12. The number of hydrogen-bond acceptors (Lipinski definition) is 2. The predicted molar refractivity (Wildman–Crippen MR) is 104 cm³/mol. The van der Waals surface area contributed by atoms with Crippen LogP contribution in [0.1, 0.15) is 46.3 Å². The van der Waals surface area contributed by atoms with Gasteiger partial charge in [-0.1, -0.05) is 23.7 Å². The van der Waals surface area contributed by atoms with Crippen molar-refractivity contribution in [1.29, 1.82) is 0 Å².